The van der Waals surface area contributed by atoms with E-state index in [1.54, 1.807) is 0 Å². The first kappa shape index (κ1) is 25.9. The van der Waals surface area contributed by atoms with Gasteiger partial charge in [-0.3, -0.25) is 14.8 Å². The molecule has 8 nitrogen and oxygen atoms in total. The molecule has 1 aliphatic rings. The van der Waals surface area contributed by atoms with Gasteiger partial charge in [-0.15, -0.1) is 11.3 Å². The van der Waals surface area contributed by atoms with E-state index in [9.17, 15) is 23.1 Å². The fraction of sp³-hybridized carbons (Fsp3) is 0.417. The van der Waals surface area contributed by atoms with Crippen molar-refractivity contribution in [1.82, 2.24) is 10.4 Å². The zero-order valence-corrected chi connectivity index (χ0v) is 21.1. The van der Waals surface area contributed by atoms with Gasteiger partial charge in [-0.2, -0.15) is 0 Å². The van der Waals surface area contributed by atoms with E-state index in [2.05, 4.69) is 11.8 Å². The van der Waals surface area contributed by atoms with Crippen LogP contribution in [0.5, 0.6) is 0 Å². The largest absolute Gasteiger partial charge is 0.395 e. The average Bonchev–Trinajstić information content (AvgIpc) is 3.33. The highest BCUT2D eigenvalue weighted by Crippen LogP contribution is 2.32. The molecule has 3 N–H and O–H groups in total. The first-order chi connectivity index (χ1) is 15.8. The molecule has 2 amide bonds. The van der Waals surface area contributed by atoms with E-state index in [0.29, 0.717) is 11.4 Å². The molecule has 34 heavy (non-hydrogen) atoms. The first-order valence-corrected chi connectivity index (χ1v) is 13.3. The lowest BCUT2D eigenvalue weighted by Gasteiger charge is -2.27. The van der Waals surface area contributed by atoms with Crippen molar-refractivity contribution in [3.05, 3.63) is 56.8 Å². The van der Waals surface area contributed by atoms with Crippen LogP contribution in [0, 0.1) is 11.8 Å². The van der Waals surface area contributed by atoms with Gasteiger partial charge in [0.15, 0.2) is 14.6 Å². The molecule has 0 saturated carbocycles. The van der Waals surface area contributed by atoms with Crippen LogP contribution >= 0.6 is 11.3 Å². The summed E-state index contributed by atoms with van der Waals surface area (Å²) < 4.78 is 22.4. The monoisotopic (exact) mass is 504 g/mol. The molecular formula is C24H28N2O6S2. The SMILES string of the molecule is CC(C)(CO)c1ccc(C#Cc2cc3c(s2)C(=O)N(CCC(C)(C(=O)NO)S(C)(=O)=O)C3)cc1. The number of thiophene rings is 1. The molecule has 3 rings (SSSR count). The Hall–Kier alpha value is -2.71. The zero-order chi connectivity index (χ0) is 25.3. The number of sulfone groups is 1. The summed E-state index contributed by atoms with van der Waals surface area (Å²) in [6, 6.07) is 9.53. The molecule has 1 aliphatic heterocycles. The minimum Gasteiger partial charge on any atom is -0.395 e. The third-order valence-electron chi connectivity index (χ3n) is 6.30. The second kappa shape index (κ2) is 9.50. The summed E-state index contributed by atoms with van der Waals surface area (Å²) in [5.41, 5.74) is 3.74. The molecule has 0 bridgehead atoms. The number of aliphatic hydroxyl groups is 1. The Morgan fingerprint density at radius 1 is 1.21 bits per heavy atom. The van der Waals surface area contributed by atoms with Crippen molar-refractivity contribution in [2.45, 2.75) is 43.9 Å². The Balaban J connectivity index is 1.69. The van der Waals surface area contributed by atoms with Crippen LogP contribution in [0.4, 0.5) is 0 Å². The molecule has 0 aliphatic carbocycles. The number of amides is 2. The van der Waals surface area contributed by atoms with Gasteiger partial charge in [0.1, 0.15) is 0 Å². The van der Waals surface area contributed by atoms with E-state index in [-0.39, 0.29) is 30.9 Å². The zero-order valence-electron chi connectivity index (χ0n) is 19.5. The number of hydroxylamine groups is 1. The molecule has 1 aromatic carbocycles. The van der Waals surface area contributed by atoms with E-state index in [1.165, 1.54) is 28.6 Å². The van der Waals surface area contributed by atoms with Crippen LogP contribution in [0.25, 0.3) is 0 Å². The smallest absolute Gasteiger partial charge is 0.264 e. The molecule has 182 valence electrons. The van der Waals surface area contributed by atoms with E-state index >= 15 is 0 Å². The number of carbonyl (C=O) groups is 2. The maximum Gasteiger partial charge on any atom is 0.264 e. The van der Waals surface area contributed by atoms with Gasteiger partial charge in [0, 0.05) is 30.3 Å². The van der Waals surface area contributed by atoms with Crippen molar-refractivity contribution in [2.75, 3.05) is 19.4 Å². The van der Waals surface area contributed by atoms with Gasteiger partial charge in [-0.05, 0) is 42.7 Å². The number of benzene rings is 1. The van der Waals surface area contributed by atoms with E-state index in [0.717, 1.165) is 27.8 Å². The number of rotatable bonds is 7. The summed E-state index contributed by atoms with van der Waals surface area (Å²) in [6.07, 6.45) is 0.783. The Kier molecular flexibility index (Phi) is 7.24. The molecule has 0 spiro atoms. The standard InChI is InChI=1S/C24H28N2O6S2/c1-23(2,15-27)18-8-5-16(6-9-18)7-10-19-13-17-14-26(21(28)20(17)33-19)12-11-24(3,22(29)25-30)34(4,31)32/h5-6,8-9,13,27,30H,11-12,14-15H2,1-4H3,(H,25,29). The summed E-state index contributed by atoms with van der Waals surface area (Å²) in [5, 5.41) is 18.4. The Labute approximate surface area is 203 Å². The second-order valence-corrected chi connectivity index (χ2v) is 12.8. The number of fused-ring (bicyclic) bond motifs is 1. The molecule has 1 atom stereocenters. The van der Waals surface area contributed by atoms with Crippen molar-refractivity contribution >= 4 is 33.0 Å². The predicted molar refractivity (Wildman–Crippen MR) is 129 cm³/mol. The molecule has 2 aromatic rings. The molecule has 1 aromatic heterocycles. The molecular weight excluding hydrogens is 476 g/mol. The quantitative estimate of drug-likeness (QED) is 0.301. The normalized spacial score (nSPS) is 15.4. The van der Waals surface area contributed by atoms with Gasteiger partial charge >= 0.3 is 0 Å². The van der Waals surface area contributed by atoms with Crippen LogP contribution < -0.4 is 5.48 Å². The van der Waals surface area contributed by atoms with Crippen molar-refractivity contribution in [3.63, 3.8) is 0 Å². The average molecular weight is 505 g/mol. The van der Waals surface area contributed by atoms with Gasteiger partial charge in [-0.25, -0.2) is 13.9 Å². The van der Waals surface area contributed by atoms with Gasteiger partial charge in [0.2, 0.25) is 0 Å². The fourth-order valence-electron chi connectivity index (χ4n) is 3.55. The second-order valence-electron chi connectivity index (χ2n) is 9.26. The van der Waals surface area contributed by atoms with Crippen LogP contribution in [-0.2, 0) is 26.6 Å². The Bertz CT molecular complexity index is 1270. The molecule has 2 heterocycles. The fourth-order valence-corrected chi connectivity index (χ4v) is 5.39. The molecule has 0 saturated heterocycles. The van der Waals surface area contributed by atoms with Gasteiger partial charge in [-0.1, -0.05) is 37.8 Å². The lowest BCUT2D eigenvalue weighted by molar-refractivity contribution is -0.131. The molecule has 1 unspecified atom stereocenters. The Morgan fingerprint density at radius 2 is 1.85 bits per heavy atom. The molecule has 0 radical (unpaired) electrons. The van der Waals surface area contributed by atoms with Crippen molar-refractivity contribution in [2.24, 2.45) is 0 Å². The van der Waals surface area contributed by atoms with Crippen molar-refractivity contribution < 1.29 is 28.3 Å². The molecule has 10 heteroatoms. The number of nitrogens with zero attached hydrogens (tertiary/aromatic N) is 1. The third-order valence-corrected chi connectivity index (χ3v) is 9.41. The third kappa shape index (κ3) is 5.03. The molecule has 0 fully saturated rings. The van der Waals surface area contributed by atoms with E-state index in [1.807, 2.05) is 44.2 Å². The number of nitrogens with one attached hydrogen (secondary N) is 1. The van der Waals surface area contributed by atoms with Gasteiger partial charge < -0.3 is 10.0 Å². The summed E-state index contributed by atoms with van der Waals surface area (Å²) in [6.45, 7) is 5.56. The summed E-state index contributed by atoms with van der Waals surface area (Å²) in [7, 11) is -3.83. The Morgan fingerprint density at radius 3 is 2.38 bits per heavy atom. The maximum absolute atomic E-state index is 12.8. The lowest BCUT2D eigenvalue weighted by Crippen LogP contribution is -2.50. The number of aliphatic hydroxyl groups excluding tert-OH is 1. The topological polar surface area (TPSA) is 124 Å². The minimum atomic E-state index is -3.83. The summed E-state index contributed by atoms with van der Waals surface area (Å²) in [5.74, 6) is 4.92. The number of hydrogen-bond donors (Lipinski definition) is 3. The van der Waals surface area contributed by atoms with Crippen molar-refractivity contribution in [1.29, 1.82) is 0 Å². The van der Waals surface area contributed by atoms with Gasteiger partial charge in [0.25, 0.3) is 11.8 Å². The number of carbonyl (C=O) groups excluding carboxylic acids is 2. The van der Waals surface area contributed by atoms with Crippen LogP contribution in [-0.4, -0.2) is 59.6 Å². The van der Waals surface area contributed by atoms with Crippen molar-refractivity contribution in [3.8, 4) is 11.8 Å². The maximum atomic E-state index is 12.8. The minimum absolute atomic E-state index is 0.0476. The first-order valence-electron chi connectivity index (χ1n) is 10.6. The van der Waals surface area contributed by atoms with Crippen LogP contribution in [0.2, 0.25) is 0 Å². The van der Waals surface area contributed by atoms with E-state index in [4.69, 9.17) is 5.21 Å². The lowest BCUT2D eigenvalue weighted by atomic mass is 9.85. The van der Waals surface area contributed by atoms with Crippen LogP contribution in [0.1, 0.15) is 58.4 Å². The summed E-state index contributed by atoms with van der Waals surface area (Å²) >= 11 is 1.28. The highest BCUT2D eigenvalue weighted by molar-refractivity contribution is 7.92. The van der Waals surface area contributed by atoms with Crippen LogP contribution in [0.3, 0.4) is 0 Å². The highest BCUT2D eigenvalue weighted by atomic mass is 32.2. The highest BCUT2D eigenvalue weighted by Gasteiger charge is 2.44. The van der Waals surface area contributed by atoms with E-state index < -0.39 is 20.5 Å². The number of hydrogen-bond acceptors (Lipinski definition) is 7. The predicted octanol–water partition coefficient (Wildman–Crippen LogP) is 2.07. The summed E-state index contributed by atoms with van der Waals surface area (Å²) in [4.78, 5) is 27.6. The van der Waals surface area contributed by atoms with Gasteiger partial charge in [0.05, 0.1) is 16.4 Å². The van der Waals surface area contributed by atoms with Crippen LogP contribution in [0.15, 0.2) is 30.3 Å².